The highest BCUT2D eigenvalue weighted by Gasteiger charge is 2.22. The number of hydrogen-bond acceptors (Lipinski definition) is 5. The van der Waals surface area contributed by atoms with Crippen LogP contribution in [-0.2, 0) is 4.79 Å². The molecule has 25 heavy (non-hydrogen) atoms. The third kappa shape index (κ3) is 5.48. The molecule has 1 heterocycles. The van der Waals surface area contributed by atoms with E-state index >= 15 is 0 Å². The van der Waals surface area contributed by atoms with Crippen LogP contribution in [0, 0.1) is 16.0 Å². The van der Waals surface area contributed by atoms with Crippen molar-refractivity contribution in [1.29, 1.82) is 0 Å². The normalized spacial score (nSPS) is 14.1. The topological polar surface area (TPSA) is 90.7 Å². The van der Waals surface area contributed by atoms with Gasteiger partial charge in [0.1, 0.15) is 0 Å². The zero-order valence-corrected chi connectivity index (χ0v) is 14.8. The first-order chi connectivity index (χ1) is 11.9. The highest BCUT2D eigenvalue weighted by atomic mass is 16.7. The first-order valence-corrected chi connectivity index (χ1v) is 8.43. The Morgan fingerprint density at radius 2 is 1.96 bits per heavy atom. The first kappa shape index (κ1) is 18.8. The summed E-state index contributed by atoms with van der Waals surface area (Å²) in [5.41, 5.74) is 0.176. The van der Waals surface area contributed by atoms with Crippen LogP contribution in [0.2, 0.25) is 0 Å². The van der Waals surface area contributed by atoms with E-state index in [1.54, 1.807) is 0 Å². The standard InChI is InChI=1S/C18H24N2O5/c1-12(2)5-4-6-13(3)19-18(21)8-7-14-9-16-17(25-11-24-16)10-15(14)20(22)23/h7-10,12-13H,4-6,11H2,1-3H3,(H,19,21)/b8-7+. The Morgan fingerprint density at radius 1 is 1.28 bits per heavy atom. The van der Waals surface area contributed by atoms with Gasteiger partial charge in [0.2, 0.25) is 12.7 Å². The lowest BCUT2D eigenvalue weighted by Gasteiger charge is -2.13. The summed E-state index contributed by atoms with van der Waals surface area (Å²) in [5, 5.41) is 14.1. The van der Waals surface area contributed by atoms with Gasteiger partial charge in [0.15, 0.2) is 11.5 Å². The molecule has 1 N–H and O–H groups in total. The lowest BCUT2D eigenvalue weighted by molar-refractivity contribution is -0.385. The Kier molecular flexibility index (Phi) is 6.38. The molecular weight excluding hydrogens is 324 g/mol. The van der Waals surface area contributed by atoms with Crippen LogP contribution in [0.1, 0.15) is 45.6 Å². The quantitative estimate of drug-likeness (QED) is 0.440. The van der Waals surface area contributed by atoms with Crippen molar-refractivity contribution in [2.45, 2.75) is 46.1 Å². The maximum Gasteiger partial charge on any atom is 0.280 e. The molecule has 1 amide bonds. The third-order valence-electron chi connectivity index (χ3n) is 3.94. The highest BCUT2D eigenvalue weighted by molar-refractivity contribution is 5.92. The molecule has 1 unspecified atom stereocenters. The number of nitrogens with zero attached hydrogens (tertiary/aromatic N) is 1. The minimum atomic E-state index is -0.506. The van der Waals surface area contributed by atoms with Crippen molar-refractivity contribution in [3.05, 3.63) is 33.9 Å². The molecule has 1 atom stereocenters. The van der Waals surface area contributed by atoms with Crippen molar-refractivity contribution < 1.29 is 19.2 Å². The molecule has 0 saturated carbocycles. The number of rotatable bonds is 8. The van der Waals surface area contributed by atoms with Crippen molar-refractivity contribution in [1.82, 2.24) is 5.32 Å². The van der Waals surface area contributed by atoms with Gasteiger partial charge in [-0.15, -0.1) is 0 Å². The van der Waals surface area contributed by atoms with Crippen molar-refractivity contribution in [2.75, 3.05) is 6.79 Å². The minimum absolute atomic E-state index is 0.0357. The molecule has 0 radical (unpaired) electrons. The second-order valence-corrected chi connectivity index (χ2v) is 6.59. The number of nitro groups is 1. The zero-order valence-electron chi connectivity index (χ0n) is 14.8. The number of fused-ring (bicyclic) bond motifs is 1. The van der Waals surface area contributed by atoms with Gasteiger partial charge in [-0.05, 0) is 31.4 Å². The van der Waals surface area contributed by atoms with Gasteiger partial charge >= 0.3 is 0 Å². The van der Waals surface area contributed by atoms with Crippen LogP contribution in [-0.4, -0.2) is 23.7 Å². The van der Waals surface area contributed by atoms with Crippen LogP contribution in [0.15, 0.2) is 18.2 Å². The molecule has 0 bridgehead atoms. The molecule has 7 nitrogen and oxygen atoms in total. The number of carbonyl (C=O) groups excluding carboxylic acids is 1. The average molecular weight is 348 g/mol. The van der Waals surface area contributed by atoms with Crippen molar-refractivity contribution in [2.24, 2.45) is 5.92 Å². The Hall–Kier alpha value is -2.57. The molecule has 136 valence electrons. The highest BCUT2D eigenvalue weighted by Crippen LogP contribution is 2.38. The molecule has 0 aromatic heterocycles. The molecule has 1 aromatic carbocycles. The van der Waals surface area contributed by atoms with E-state index < -0.39 is 4.92 Å². The van der Waals surface area contributed by atoms with Gasteiger partial charge in [-0.3, -0.25) is 14.9 Å². The van der Waals surface area contributed by atoms with Crippen LogP contribution >= 0.6 is 0 Å². The molecule has 0 fully saturated rings. The molecule has 1 aliphatic rings. The molecule has 0 spiro atoms. The summed E-state index contributed by atoms with van der Waals surface area (Å²) < 4.78 is 10.4. The number of hydrogen-bond donors (Lipinski definition) is 1. The third-order valence-corrected chi connectivity index (χ3v) is 3.94. The predicted molar refractivity (Wildman–Crippen MR) is 94.5 cm³/mol. The van der Waals surface area contributed by atoms with Gasteiger partial charge < -0.3 is 14.8 Å². The van der Waals surface area contributed by atoms with Gasteiger partial charge in [-0.1, -0.05) is 26.7 Å². The van der Waals surface area contributed by atoms with Gasteiger partial charge in [0.25, 0.3) is 5.69 Å². The minimum Gasteiger partial charge on any atom is -0.454 e. The van der Waals surface area contributed by atoms with Crippen LogP contribution in [0.5, 0.6) is 11.5 Å². The molecule has 1 aromatic rings. The van der Waals surface area contributed by atoms with Gasteiger partial charge in [-0.2, -0.15) is 0 Å². The largest absolute Gasteiger partial charge is 0.454 e. The lowest BCUT2D eigenvalue weighted by Crippen LogP contribution is -2.31. The van der Waals surface area contributed by atoms with E-state index in [1.165, 1.54) is 24.3 Å². The fraction of sp³-hybridized carbons (Fsp3) is 0.500. The number of ether oxygens (including phenoxy) is 2. The summed E-state index contributed by atoms with van der Waals surface area (Å²) in [6, 6.07) is 2.88. The van der Waals surface area contributed by atoms with E-state index in [2.05, 4.69) is 19.2 Å². The summed E-state index contributed by atoms with van der Waals surface area (Å²) in [4.78, 5) is 22.7. The van der Waals surface area contributed by atoms with Crippen LogP contribution in [0.25, 0.3) is 6.08 Å². The first-order valence-electron chi connectivity index (χ1n) is 8.43. The summed E-state index contributed by atoms with van der Waals surface area (Å²) in [7, 11) is 0. The zero-order chi connectivity index (χ0) is 18.4. The van der Waals surface area contributed by atoms with Crippen LogP contribution in [0.4, 0.5) is 5.69 Å². The summed E-state index contributed by atoms with van der Waals surface area (Å²) in [5.74, 6) is 1.15. The number of nitrogens with one attached hydrogen (secondary N) is 1. The number of nitro benzene ring substituents is 1. The summed E-state index contributed by atoms with van der Waals surface area (Å²) >= 11 is 0. The number of carbonyl (C=O) groups is 1. The maximum absolute atomic E-state index is 12.0. The van der Waals surface area contributed by atoms with E-state index in [4.69, 9.17) is 9.47 Å². The fourth-order valence-electron chi connectivity index (χ4n) is 2.60. The second kappa shape index (κ2) is 8.50. The summed E-state index contributed by atoms with van der Waals surface area (Å²) in [6.45, 7) is 6.33. The number of benzene rings is 1. The predicted octanol–water partition coefficient (Wildman–Crippen LogP) is 3.67. The molecule has 7 heteroatoms. The fourth-order valence-corrected chi connectivity index (χ4v) is 2.60. The van der Waals surface area contributed by atoms with Crippen LogP contribution < -0.4 is 14.8 Å². The molecule has 1 aliphatic heterocycles. The monoisotopic (exact) mass is 348 g/mol. The summed E-state index contributed by atoms with van der Waals surface area (Å²) in [6.07, 6.45) is 5.82. The molecule has 0 saturated heterocycles. The Bertz CT molecular complexity index is 670. The second-order valence-electron chi connectivity index (χ2n) is 6.59. The van der Waals surface area contributed by atoms with Gasteiger partial charge in [0, 0.05) is 12.1 Å². The molecule has 0 aliphatic carbocycles. The molecular formula is C18H24N2O5. The Balaban J connectivity index is 1.98. The smallest absolute Gasteiger partial charge is 0.280 e. The van der Waals surface area contributed by atoms with Crippen LogP contribution in [0.3, 0.4) is 0 Å². The van der Waals surface area contributed by atoms with E-state index in [9.17, 15) is 14.9 Å². The van der Waals surface area contributed by atoms with Crippen molar-refractivity contribution in [3.8, 4) is 11.5 Å². The van der Waals surface area contributed by atoms with E-state index in [1.807, 2.05) is 6.92 Å². The maximum atomic E-state index is 12.0. The van der Waals surface area contributed by atoms with E-state index in [0.29, 0.717) is 23.0 Å². The molecule has 2 rings (SSSR count). The number of amides is 1. The lowest BCUT2D eigenvalue weighted by atomic mass is 10.0. The van der Waals surface area contributed by atoms with Gasteiger partial charge in [-0.25, -0.2) is 0 Å². The van der Waals surface area contributed by atoms with Gasteiger partial charge in [0.05, 0.1) is 16.6 Å². The van der Waals surface area contributed by atoms with E-state index in [0.717, 1.165) is 19.3 Å². The van der Waals surface area contributed by atoms with Crippen molar-refractivity contribution in [3.63, 3.8) is 0 Å². The Labute approximate surface area is 147 Å². The van der Waals surface area contributed by atoms with Crippen molar-refractivity contribution >= 4 is 17.7 Å². The SMILES string of the molecule is CC(C)CCCC(C)NC(=O)/C=C/c1cc2c(cc1[N+](=O)[O-])OCO2. The average Bonchev–Trinajstić information content (AvgIpc) is 2.98. The van der Waals surface area contributed by atoms with E-state index in [-0.39, 0.29) is 24.4 Å². The Morgan fingerprint density at radius 3 is 2.60 bits per heavy atom.